The Labute approximate surface area is 131 Å². The maximum absolute atomic E-state index is 11.8. The molecule has 1 aromatic heterocycles. The summed E-state index contributed by atoms with van der Waals surface area (Å²) >= 11 is 0. The smallest absolute Gasteiger partial charge is 0.224 e. The summed E-state index contributed by atoms with van der Waals surface area (Å²) in [5.41, 5.74) is 2.17. The summed E-state index contributed by atoms with van der Waals surface area (Å²) in [6, 6.07) is 0. The minimum absolute atomic E-state index is 0.0890. The molecule has 0 radical (unpaired) electrons. The van der Waals surface area contributed by atoms with Crippen LogP contribution < -0.4 is 0 Å². The molecule has 22 heavy (non-hydrogen) atoms. The zero-order chi connectivity index (χ0) is 15.9. The van der Waals surface area contributed by atoms with Gasteiger partial charge < -0.3 is 14.2 Å². The maximum atomic E-state index is 11.8. The molecule has 3 atom stereocenters. The van der Waals surface area contributed by atoms with Gasteiger partial charge in [0.2, 0.25) is 5.91 Å². The van der Waals surface area contributed by atoms with Crippen molar-refractivity contribution in [1.29, 1.82) is 0 Å². The molecule has 3 heterocycles. The van der Waals surface area contributed by atoms with Crippen LogP contribution in [0.15, 0.2) is 4.52 Å². The third kappa shape index (κ3) is 3.03. The molecule has 0 unspecified atom stereocenters. The molecule has 2 fully saturated rings. The van der Waals surface area contributed by atoms with Crippen molar-refractivity contribution >= 4 is 5.91 Å². The van der Waals surface area contributed by atoms with Gasteiger partial charge in [0.05, 0.1) is 24.3 Å². The summed E-state index contributed by atoms with van der Waals surface area (Å²) in [4.78, 5) is 15.8. The number of ether oxygens (including phenoxy) is 1. The Morgan fingerprint density at radius 1 is 1.36 bits per heavy atom. The van der Waals surface area contributed by atoms with Crippen LogP contribution in [0.3, 0.4) is 0 Å². The number of rotatable bonds is 4. The zero-order valence-corrected chi connectivity index (χ0v) is 13.8. The Kier molecular flexibility index (Phi) is 4.23. The van der Waals surface area contributed by atoms with Gasteiger partial charge in [0, 0.05) is 45.2 Å². The summed E-state index contributed by atoms with van der Waals surface area (Å²) in [7, 11) is 3.59. The van der Waals surface area contributed by atoms with Gasteiger partial charge in [-0.1, -0.05) is 5.16 Å². The molecule has 6 heteroatoms. The summed E-state index contributed by atoms with van der Waals surface area (Å²) < 4.78 is 11.3. The summed E-state index contributed by atoms with van der Waals surface area (Å²) in [5, 5.41) is 4.02. The van der Waals surface area contributed by atoms with Crippen LogP contribution >= 0.6 is 0 Å². The van der Waals surface area contributed by atoms with Crippen LogP contribution in [-0.4, -0.2) is 60.3 Å². The van der Waals surface area contributed by atoms with Gasteiger partial charge in [0.25, 0.3) is 0 Å². The Morgan fingerprint density at radius 3 is 2.73 bits per heavy atom. The number of aryl methyl sites for hydroxylation is 2. The van der Waals surface area contributed by atoms with E-state index in [0.29, 0.717) is 12.3 Å². The van der Waals surface area contributed by atoms with Gasteiger partial charge in [-0.05, 0) is 20.3 Å². The molecule has 122 valence electrons. The van der Waals surface area contributed by atoms with Crippen molar-refractivity contribution < 1.29 is 14.1 Å². The molecule has 0 N–H and O–H groups in total. The number of amides is 1. The highest BCUT2D eigenvalue weighted by atomic mass is 16.5. The number of carbonyl (C=O) groups excluding carboxylic acids is 1. The third-order valence-electron chi connectivity index (χ3n) is 4.85. The van der Waals surface area contributed by atoms with Crippen LogP contribution in [0.4, 0.5) is 0 Å². The monoisotopic (exact) mass is 307 g/mol. The van der Waals surface area contributed by atoms with Crippen LogP contribution in [0.1, 0.15) is 29.9 Å². The molecule has 0 saturated carbocycles. The lowest BCUT2D eigenvalue weighted by molar-refractivity contribution is -0.131. The zero-order valence-electron chi connectivity index (χ0n) is 13.8. The van der Waals surface area contributed by atoms with Crippen LogP contribution in [-0.2, 0) is 16.1 Å². The molecule has 0 aromatic carbocycles. The van der Waals surface area contributed by atoms with Crippen molar-refractivity contribution in [2.45, 2.75) is 45.4 Å². The molecular formula is C16H25N3O3. The average molecular weight is 307 g/mol. The van der Waals surface area contributed by atoms with Gasteiger partial charge in [-0.25, -0.2) is 0 Å². The summed E-state index contributed by atoms with van der Waals surface area (Å²) in [6.07, 6.45) is 1.85. The molecule has 0 spiro atoms. The van der Waals surface area contributed by atoms with Crippen LogP contribution in [0.2, 0.25) is 0 Å². The first-order valence-corrected chi connectivity index (χ1v) is 7.93. The van der Waals surface area contributed by atoms with E-state index in [9.17, 15) is 4.79 Å². The topological polar surface area (TPSA) is 58.8 Å². The van der Waals surface area contributed by atoms with Gasteiger partial charge in [-0.3, -0.25) is 9.69 Å². The Hall–Kier alpha value is -1.40. The molecule has 0 bridgehead atoms. The predicted octanol–water partition coefficient (Wildman–Crippen LogP) is 1.36. The first-order chi connectivity index (χ1) is 10.4. The lowest BCUT2D eigenvalue weighted by atomic mass is 10.0. The molecule has 1 aromatic rings. The molecular weight excluding hydrogens is 282 g/mol. The van der Waals surface area contributed by atoms with Crippen molar-refractivity contribution in [2.24, 2.45) is 5.92 Å². The fourth-order valence-electron chi connectivity index (χ4n) is 3.54. The SMILES string of the molecule is Cc1noc(C)c1CN1C[C@H]2C[C@@H](CC(=O)N(C)C)O[C@H]2C1. The van der Waals surface area contributed by atoms with E-state index >= 15 is 0 Å². The van der Waals surface area contributed by atoms with Crippen molar-refractivity contribution in [3.63, 3.8) is 0 Å². The molecule has 0 aliphatic carbocycles. The summed E-state index contributed by atoms with van der Waals surface area (Å²) in [6.45, 7) is 6.79. The average Bonchev–Trinajstić information content (AvgIpc) is 3.07. The van der Waals surface area contributed by atoms with Crippen molar-refractivity contribution in [2.75, 3.05) is 27.2 Å². The normalized spacial score (nSPS) is 28.1. The van der Waals surface area contributed by atoms with Gasteiger partial charge in [0.1, 0.15) is 5.76 Å². The predicted molar refractivity (Wildman–Crippen MR) is 81.3 cm³/mol. The van der Waals surface area contributed by atoms with Gasteiger partial charge in [-0.2, -0.15) is 0 Å². The minimum atomic E-state index is 0.0890. The largest absolute Gasteiger partial charge is 0.373 e. The Morgan fingerprint density at radius 2 is 2.14 bits per heavy atom. The maximum Gasteiger partial charge on any atom is 0.224 e. The highest BCUT2D eigenvalue weighted by Crippen LogP contribution is 2.35. The summed E-state index contributed by atoms with van der Waals surface area (Å²) in [5.74, 6) is 1.60. The van der Waals surface area contributed by atoms with Crippen LogP contribution in [0, 0.1) is 19.8 Å². The quantitative estimate of drug-likeness (QED) is 0.840. The van der Waals surface area contributed by atoms with E-state index in [1.807, 2.05) is 13.8 Å². The fraction of sp³-hybridized carbons (Fsp3) is 0.750. The van der Waals surface area contributed by atoms with E-state index in [1.54, 1.807) is 19.0 Å². The number of nitrogens with zero attached hydrogens (tertiary/aromatic N) is 3. The fourth-order valence-corrected chi connectivity index (χ4v) is 3.54. The van der Waals surface area contributed by atoms with Gasteiger partial charge in [-0.15, -0.1) is 0 Å². The van der Waals surface area contributed by atoms with E-state index in [-0.39, 0.29) is 18.1 Å². The number of likely N-dealkylation sites (tertiary alicyclic amines) is 1. The second kappa shape index (κ2) is 6.01. The lowest BCUT2D eigenvalue weighted by Crippen LogP contribution is -2.29. The van der Waals surface area contributed by atoms with Crippen LogP contribution in [0.25, 0.3) is 0 Å². The van der Waals surface area contributed by atoms with E-state index in [1.165, 1.54) is 5.56 Å². The van der Waals surface area contributed by atoms with E-state index in [0.717, 1.165) is 37.5 Å². The molecule has 6 nitrogen and oxygen atoms in total. The number of fused-ring (bicyclic) bond motifs is 1. The van der Waals surface area contributed by atoms with E-state index < -0.39 is 0 Å². The standard InChI is InChI=1S/C16H25N3O3/c1-10-14(11(2)22-17-10)8-19-7-12-5-13(21-15(12)9-19)6-16(20)18(3)4/h12-13,15H,5-9H2,1-4H3/t12-,13+,15+/m1/s1. The van der Waals surface area contributed by atoms with Crippen molar-refractivity contribution in [3.05, 3.63) is 17.0 Å². The van der Waals surface area contributed by atoms with Crippen LogP contribution in [0.5, 0.6) is 0 Å². The molecule has 2 aliphatic rings. The number of carbonyl (C=O) groups is 1. The third-order valence-corrected chi connectivity index (χ3v) is 4.85. The number of aromatic nitrogens is 1. The Balaban J connectivity index is 1.53. The van der Waals surface area contributed by atoms with Gasteiger partial charge >= 0.3 is 0 Å². The van der Waals surface area contributed by atoms with E-state index in [4.69, 9.17) is 9.26 Å². The highest BCUT2D eigenvalue weighted by Gasteiger charge is 2.42. The minimum Gasteiger partial charge on any atom is -0.373 e. The highest BCUT2D eigenvalue weighted by molar-refractivity contribution is 5.76. The van der Waals surface area contributed by atoms with E-state index in [2.05, 4.69) is 10.1 Å². The molecule has 3 rings (SSSR count). The first-order valence-electron chi connectivity index (χ1n) is 7.93. The first kappa shape index (κ1) is 15.5. The molecule has 1 amide bonds. The van der Waals surface area contributed by atoms with Gasteiger partial charge in [0.15, 0.2) is 0 Å². The second-order valence-electron chi connectivity index (χ2n) is 6.78. The van der Waals surface area contributed by atoms with Crippen molar-refractivity contribution in [3.8, 4) is 0 Å². The molecule has 2 saturated heterocycles. The Bertz CT molecular complexity index is 521. The number of hydrogen-bond donors (Lipinski definition) is 0. The van der Waals surface area contributed by atoms with Crippen molar-refractivity contribution in [1.82, 2.24) is 15.0 Å². The second-order valence-corrected chi connectivity index (χ2v) is 6.78. The number of hydrogen-bond acceptors (Lipinski definition) is 5. The lowest BCUT2D eigenvalue weighted by Gasteiger charge is -2.19. The molecule has 2 aliphatic heterocycles.